The van der Waals surface area contributed by atoms with Crippen LogP contribution in [0.4, 0.5) is 0 Å². The number of hydrogen-bond acceptors (Lipinski definition) is 5. The van der Waals surface area contributed by atoms with Gasteiger partial charge in [-0.1, -0.05) is 64.7 Å². The van der Waals surface area contributed by atoms with Gasteiger partial charge in [-0.15, -0.1) is 0 Å². The van der Waals surface area contributed by atoms with Crippen LogP contribution in [0.1, 0.15) is 71.1 Å². The van der Waals surface area contributed by atoms with Crippen LogP contribution in [0.3, 0.4) is 0 Å². The standard InChI is InChI=1S/C16H34O6S.Na.H/c1-2-3-4-5-6-7-8-9-10-11-12-20-13-14-21-15-16-22-23(17,18)19;;/h2-16H2,1H3,(H,17,18,19);;. The average molecular weight is 379 g/mol. The topological polar surface area (TPSA) is 82.1 Å². The molecule has 0 aliphatic heterocycles. The Balaban J connectivity index is 0. The average Bonchev–Trinajstić information content (AvgIpc) is 2.49. The second-order valence-electron chi connectivity index (χ2n) is 5.66. The van der Waals surface area contributed by atoms with Gasteiger partial charge >= 0.3 is 40.0 Å². The Hall–Kier alpha value is 0.790. The van der Waals surface area contributed by atoms with Gasteiger partial charge in [-0.25, -0.2) is 4.18 Å². The maximum absolute atomic E-state index is 10.2. The maximum atomic E-state index is 10.2. The normalized spacial score (nSPS) is 11.4. The van der Waals surface area contributed by atoms with E-state index in [1.54, 1.807) is 0 Å². The Bertz CT molecular complexity index is 337. The van der Waals surface area contributed by atoms with Crippen LogP contribution < -0.4 is 0 Å². The van der Waals surface area contributed by atoms with E-state index >= 15 is 0 Å². The van der Waals surface area contributed by atoms with Crippen LogP contribution >= 0.6 is 0 Å². The van der Waals surface area contributed by atoms with Gasteiger partial charge in [0, 0.05) is 6.61 Å². The first-order valence-electron chi connectivity index (χ1n) is 8.83. The Kier molecular flexibility index (Phi) is 22.6. The van der Waals surface area contributed by atoms with Crippen molar-refractivity contribution in [1.29, 1.82) is 0 Å². The molecule has 0 atom stereocenters. The molecule has 0 rings (SSSR count). The predicted octanol–water partition coefficient (Wildman–Crippen LogP) is 3.11. The molecule has 6 nitrogen and oxygen atoms in total. The zero-order valence-electron chi connectivity index (χ0n) is 14.5. The molecule has 0 saturated heterocycles. The number of hydrogen-bond donors (Lipinski definition) is 1. The predicted molar refractivity (Wildman–Crippen MR) is 98.1 cm³/mol. The van der Waals surface area contributed by atoms with Crippen molar-refractivity contribution >= 4 is 40.0 Å². The van der Waals surface area contributed by atoms with Crippen molar-refractivity contribution in [1.82, 2.24) is 0 Å². The van der Waals surface area contributed by atoms with Crippen molar-refractivity contribution in [2.45, 2.75) is 71.1 Å². The van der Waals surface area contributed by atoms with Crippen molar-refractivity contribution in [3.8, 4) is 0 Å². The van der Waals surface area contributed by atoms with Gasteiger partial charge in [-0.2, -0.15) is 8.42 Å². The molecule has 0 spiro atoms. The van der Waals surface area contributed by atoms with Crippen LogP contribution in [-0.2, 0) is 24.1 Å². The third-order valence-corrected chi connectivity index (χ3v) is 3.94. The molecule has 8 heteroatoms. The molecule has 0 aliphatic carbocycles. The van der Waals surface area contributed by atoms with E-state index in [0.29, 0.717) is 13.2 Å². The fraction of sp³-hybridized carbons (Fsp3) is 1.00. The van der Waals surface area contributed by atoms with Gasteiger partial charge in [0.25, 0.3) is 0 Å². The van der Waals surface area contributed by atoms with E-state index in [9.17, 15) is 8.42 Å². The summed E-state index contributed by atoms with van der Waals surface area (Å²) < 4.78 is 43.4. The van der Waals surface area contributed by atoms with Crippen LogP contribution in [0.15, 0.2) is 0 Å². The minimum atomic E-state index is -4.36. The quantitative estimate of drug-likeness (QED) is 0.224. The van der Waals surface area contributed by atoms with Crippen LogP contribution in [0, 0.1) is 0 Å². The minimum absolute atomic E-state index is 0. The van der Waals surface area contributed by atoms with Gasteiger partial charge < -0.3 is 9.47 Å². The molecule has 0 aromatic carbocycles. The molecule has 0 fully saturated rings. The third-order valence-electron chi connectivity index (χ3n) is 3.47. The van der Waals surface area contributed by atoms with Gasteiger partial charge in [0.05, 0.1) is 26.4 Å². The summed E-state index contributed by atoms with van der Waals surface area (Å²) in [4.78, 5) is 0. The van der Waals surface area contributed by atoms with E-state index in [0.717, 1.165) is 13.0 Å². The molecule has 0 aliphatic rings. The van der Waals surface area contributed by atoms with E-state index < -0.39 is 10.4 Å². The summed E-state index contributed by atoms with van der Waals surface area (Å²) in [6.45, 7) is 3.79. The molecule has 0 aromatic rings. The molecule has 0 amide bonds. The molecule has 0 saturated carbocycles. The van der Waals surface area contributed by atoms with Crippen LogP contribution in [0.25, 0.3) is 0 Å². The number of rotatable bonds is 18. The van der Waals surface area contributed by atoms with Gasteiger partial charge in [0.15, 0.2) is 0 Å². The monoisotopic (exact) mass is 378 g/mol. The van der Waals surface area contributed by atoms with E-state index in [4.69, 9.17) is 14.0 Å². The van der Waals surface area contributed by atoms with Gasteiger partial charge in [-0.05, 0) is 6.42 Å². The van der Waals surface area contributed by atoms with Crippen LogP contribution in [0.5, 0.6) is 0 Å². The van der Waals surface area contributed by atoms with E-state index in [-0.39, 0.29) is 42.8 Å². The third kappa shape index (κ3) is 25.0. The molecule has 1 N–H and O–H groups in total. The molecule has 24 heavy (non-hydrogen) atoms. The Morgan fingerprint density at radius 2 is 1.08 bits per heavy atom. The van der Waals surface area contributed by atoms with Crippen molar-refractivity contribution in [3.63, 3.8) is 0 Å². The first kappa shape index (κ1) is 27.0. The molecule has 0 aromatic heterocycles. The number of ether oxygens (including phenoxy) is 2. The van der Waals surface area contributed by atoms with Crippen molar-refractivity contribution in [2.24, 2.45) is 0 Å². The summed E-state index contributed by atoms with van der Waals surface area (Å²) >= 11 is 0. The second kappa shape index (κ2) is 20.1. The second-order valence-corrected chi connectivity index (χ2v) is 6.75. The summed E-state index contributed by atoms with van der Waals surface area (Å²) in [7, 11) is -4.36. The van der Waals surface area contributed by atoms with E-state index in [2.05, 4.69) is 11.1 Å². The van der Waals surface area contributed by atoms with Gasteiger partial charge in [-0.3, -0.25) is 4.55 Å². The first-order valence-corrected chi connectivity index (χ1v) is 10.2. The first-order chi connectivity index (χ1) is 11.1. The molecule has 0 unspecified atom stereocenters. The van der Waals surface area contributed by atoms with E-state index in [1.165, 1.54) is 57.8 Å². The van der Waals surface area contributed by atoms with Crippen molar-refractivity contribution < 1.29 is 26.6 Å². The van der Waals surface area contributed by atoms with E-state index in [1.807, 2.05) is 0 Å². The Morgan fingerprint density at radius 1 is 0.667 bits per heavy atom. The summed E-state index contributed by atoms with van der Waals surface area (Å²) in [6.07, 6.45) is 13.0. The molecule has 142 valence electrons. The molecule has 0 radical (unpaired) electrons. The zero-order chi connectivity index (χ0) is 17.2. The molecular weight excluding hydrogens is 343 g/mol. The zero-order valence-corrected chi connectivity index (χ0v) is 15.3. The molecular formula is C16H35NaO6S. The fourth-order valence-electron chi connectivity index (χ4n) is 2.21. The Morgan fingerprint density at radius 3 is 1.58 bits per heavy atom. The SMILES string of the molecule is CCCCCCCCCCCCOCCOCCOS(=O)(=O)O.[NaH]. The van der Waals surface area contributed by atoms with Crippen molar-refractivity contribution in [2.75, 3.05) is 33.0 Å². The Labute approximate surface area is 170 Å². The fourth-order valence-corrected chi connectivity index (χ4v) is 2.49. The summed E-state index contributed by atoms with van der Waals surface area (Å²) in [5.41, 5.74) is 0. The van der Waals surface area contributed by atoms with Gasteiger partial charge in [0.2, 0.25) is 0 Å². The summed E-state index contributed by atoms with van der Waals surface area (Å²) in [5, 5.41) is 0. The molecule has 0 heterocycles. The van der Waals surface area contributed by atoms with Gasteiger partial charge in [0.1, 0.15) is 0 Å². The summed E-state index contributed by atoms with van der Waals surface area (Å²) in [6, 6.07) is 0. The van der Waals surface area contributed by atoms with Crippen molar-refractivity contribution in [3.05, 3.63) is 0 Å². The van der Waals surface area contributed by atoms with Crippen LogP contribution in [-0.4, -0.2) is 75.6 Å². The molecule has 0 bridgehead atoms. The summed E-state index contributed by atoms with van der Waals surface area (Å²) in [5.74, 6) is 0. The van der Waals surface area contributed by atoms with Crippen LogP contribution in [0.2, 0.25) is 0 Å². The number of unbranched alkanes of at least 4 members (excludes halogenated alkanes) is 9.